The van der Waals surface area contributed by atoms with Crippen LogP contribution in [0.1, 0.15) is 18.9 Å². The lowest BCUT2D eigenvalue weighted by Gasteiger charge is -2.30. The van der Waals surface area contributed by atoms with Gasteiger partial charge in [-0.25, -0.2) is 9.97 Å². The maximum Gasteiger partial charge on any atom is 0.222 e. The van der Waals surface area contributed by atoms with Gasteiger partial charge in [0.2, 0.25) is 11.9 Å². The molecule has 0 radical (unpaired) electrons. The first kappa shape index (κ1) is 11.0. The molecule has 0 aliphatic carbocycles. The van der Waals surface area contributed by atoms with E-state index in [-0.39, 0.29) is 11.9 Å². The standard InChI is InChI=1S/C12H15N5O/c1-16-7-8(4-5-10(16)18)17-11-9(15-12(17)13)3-2-6-14-11/h2-3,6,8H,4-5,7H2,1H3,(H2,13,15). The Bertz CT molecular complexity index is 606. The molecule has 0 saturated carbocycles. The highest BCUT2D eigenvalue weighted by atomic mass is 16.2. The quantitative estimate of drug-likeness (QED) is 0.806. The molecule has 3 rings (SSSR count). The third-order valence-corrected chi connectivity index (χ3v) is 3.44. The Labute approximate surface area is 104 Å². The largest absolute Gasteiger partial charge is 0.369 e. The fourth-order valence-electron chi connectivity index (χ4n) is 2.51. The lowest BCUT2D eigenvalue weighted by molar-refractivity contribution is -0.132. The molecule has 6 heteroatoms. The number of fused-ring (bicyclic) bond motifs is 1. The topological polar surface area (TPSA) is 77.0 Å². The summed E-state index contributed by atoms with van der Waals surface area (Å²) in [6.07, 6.45) is 3.07. The predicted octanol–water partition coefficient (Wildman–Crippen LogP) is 0.807. The van der Waals surface area contributed by atoms with Gasteiger partial charge >= 0.3 is 0 Å². The van der Waals surface area contributed by atoms with Crippen LogP contribution in [0.25, 0.3) is 11.2 Å². The van der Waals surface area contributed by atoms with E-state index in [9.17, 15) is 4.79 Å². The van der Waals surface area contributed by atoms with Crippen molar-refractivity contribution in [1.29, 1.82) is 0 Å². The van der Waals surface area contributed by atoms with Crippen LogP contribution in [0, 0.1) is 0 Å². The molecule has 1 fully saturated rings. The zero-order valence-electron chi connectivity index (χ0n) is 10.2. The van der Waals surface area contributed by atoms with E-state index in [1.54, 1.807) is 11.1 Å². The number of hydrogen-bond acceptors (Lipinski definition) is 4. The maximum absolute atomic E-state index is 11.5. The number of hydrogen-bond donors (Lipinski definition) is 1. The van der Waals surface area contributed by atoms with E-state index >= 15 is 0 Å². The SMILES string of the molecule is CN1CC(n2c(N)nc3cccnc32)CCC1=O. The number of amides is 1. The number of nitrogens with two attached hydrogens (primary N) is 1. The molecule has 0 bridgehead atoms. The average molecular weight is 245 g/mol. The van der Waals surface area contributed by atoms with Gasteiger partial charge in [0, 0.05) is 26.2 Å². The Morgan fingerprint density at radius 3 is 3.11 bits per heavy atom. The number of carbonyl (C=O) groups is 1. The number of rotatable bonds is 1. The number of nitrogen functional groups attached to an aromatic ring is 1. The predicted molar refractivity (Wildman–Crippen MR) is 67.8 cm³/mol. The Kier molecular flexibility index (Phi) is 2.43. The van der Waals surface area contributed by atoms with Gasteiger partial charge in [0.05, 0.1) is 6.04 Å². The molecule has 1 atom stereocenters. The number of likely N-dealkylation sites (N-methyl/N-ethyl adjacent to an activating group) is 1. The number of piperidine rings is 1. The normalized spacial score (nSPS) is 20.6. The Hall–Kier alpha value is -2.11. The van der Waals surface area contributed by atoms with Gasteiger partial charge in [0.15, 0.2) is 5.65 Å². The minimum Gasteiger partial charge on any atom is -0.369 e. The molecular weight excluding hydrogens is 230 g/mol. The second kappa shape index (κ2) is 3.97. The summed E-state index contributed by atoms with van der Waals surface area (Å²) in [5.41, 5.74) is 7.57. The van der Waals surface area contributed by atoms with Crippen LogP contribution in [0.3, 0.4) is 0 Å². The summed E-state index contributed by atoms with van der Waals surface area (Å²) in [6.45, 7) is 0.658. The van der Waals surface area contributed by atoms with Crippen molar-refractivity contribution in [3.63, 3.8) is 0 Å². The molecule has 2 aromatic heterocycles. The molecule has 1 unspecified atom stereocenters. The summed E-state index contributed by atoms with van der Waals surface area (Å²) < 4.78 is 1.94. The third kappa shape index (κ3) is 1.61. The monoisotopic (exact) mass is 245 g/mol. The molecule has 3 heterocycles. The third-order valence-electron chi connectivity index (χ3n) is 3.44. The second-order valence-electron chi connectivity index (χ2n) is 4.65. The highest BCUT2D eigenvalue weighted by molar-refractivity contribution is 5.77. The molecule has 2 aromatic rings. The highest BCUT2D eigenvalue weighted by Crippen LogP contribution is 2.27. The van der Waals surface area contributed by atoms with Crippen molar-refractivity contribution in [3.05, 3.63) is 18.3 Å². The first-order valence-corrected chi connectivity index (χ1v) is 5.99. The van der Waals surface area contributed by atoms with E-state index in [1.165, 1.54) is 0 Å². The molecular formula is C12H15N5O. The van der Waals surface area contributed by atoms with Gasteiger partial charge < -0.3 is 10.6 Å². The minimum atomic E-state index is 0.160. The summed E-state index contributed by atoms with van der Waals surface area (Å²) >= 11 is 0. The minimum absolute atomic E-state index is 0.160. The van der Waals surface area contributed by atoms with Crippen LogP contribution < -0.4 is 5.73 Å². The number of carbonyl (C=O) groups excluding carboxylic acids is 1. The van der Waals surface area contributed by atoms with Crippen LogP contribution >= 0.6 is 0 Å². The zero-order chi connectivity index (χ0) is 12.7. The van der Waals surface area contributed by atoms with Gasteiger partial charge in [-0.3, -0.25) is 9.36 Å². The van der Waals surface area contributed by atoms with Crippen LogP contribution in [0.2, 0.25) is 0 Å². The number of anilines is 1. The Morgan fingerprint density at radius 2 is 2.33 bits per heavy atom. The smallest absolute Gasteiger partial charge is 0.222 e. The van der Waals surface area contributed by atoms with E-state index in [0.29, 0.717) is 18.9 Å². The summed E-state index contributed by atoms with van der Waals surface area (Å²) in [5, 5.41) is 0. The first-order chi connectivity index (χ1) is 8.66. The molecule has 1 aliphatic heterocycles. The van der Waals surface area contributed by atoms with Crippen molar-refractivity contribution in [1.82, 2.24) is 19.4 Å². The summed E-state index contributed by atoms with van der Waals surface area (Å²) in [7, 11) is 1.82. The fraction of sp³-hybridized carbons (Fsp3) is 0.417. The van der Waals surface area contributed by atoms with E-state index < -0.39 is 0 Å². The first-order valence-electron chi connectivity index (χ1n) is 5.99. The highest BCUT2D eigenvalue weighted by Gasteiger charge is 2.27. The van der Waals surface area contributed by atoms with Crippen molar-refractivity contribution in [2.75, 3.05) is 19.3 Å². The van der Waals surface area contributed by atoms with Gasteiger partial charge in [-0.05, 0) is 18.6 Å². The molecule has 2 N–H and O–H groups in total. The molecule has 18 heavy (non-hydrogen) atoms. The molecule has 94 valence electrons. The molecule has 1 aliphatic rings. The van der Waals surface area contributed by atoms with Crippen molar-refractivity contribution in [2.24, 2.45) is 0 Å². The van der Waals surface area contributed by atoms with Crippen molar-refractivity contribution >= 4 is 23.0 Å². The van der Waals surface area contributed by atoms with Gasteiger partial charge in [0.25, 0.3) is 0 Å². The number of likely N-dealkylation sites (tertiary alicyclic amines) is 1. The maximum atomic E-state index is 11.5. The van der Waals surface area contributed by atoms with E-state index in [4.69, 9.17) is 5.73 Å². The summed E-state index contributed by atoms with van der Waals surface area (Å²) in [5.74, 6) is 0.652. The number of aromatic nitrogens is 3. The zero-order valence-corrected chi connectivity index (χ0v) is 10.2. The van der Waals surface area contributed by atoms with Gasteiger partial charge in [-0.1, -0.05) is 0 Å². The van der Waals surface area contributed by atoms with E-state index in [1.807, 2.05) is 23.7 Å². The Balaban J connectivity index is 2.04. The summed E-state index contributed by atoms with van der Waals surface area (Å²) in [6, 6.07) is 3.90. The van der Waals surface area contributed by atoms with E-state index in [0.717, 1.165) is 17.6 Å². The van der Waals surface area contributed by atoms with Crippen molar-refractivity contribution in [3.8, 4) is 0 Å². The van der Waals surface area contributed by atoms with Crippen LogP contribution in [0.15, 0.2) is 18.3 Å². The lowest BCUT2D eigenvalue weighted by atomic mass is 10.1. The van der Waals surface area contributed by atoms with Crippen LogP contribution in [-0.2, 0) is 4.79 Å². The summed E-state index contributed by atoms with van der Waals surface area (Å²) in [4.78, 5) is 21.9. The molecule has 6 nitrogen and oxygen atoms in total. The van der Waals surface area contributed by atoms with Crippen LogP contribution in [0.4, 0.5) is 5.95 Å². The molecule has 1 saturated heterocycles. The van der Waals surface area contributed by atoms with Gasteiger partial charge in [0.1, 0.15) is 5.52 Å². The number of imidazole rings is 1. The molecule has 0 spiro atoms. The van der Waals surface area contributed by atoms with E-state index in [2.05, 4.69) is 9.97 Å². The van der Waals surface area contributed by atoms with Crippen molar-refractivity contribution < 1.29 is 4.79 Å². The van der Waals surface area contributed by atoms with Crippen LogP contribution in [-0.4, -0.2) is 38.9 Å². The second-order valence-corrected chi connectivity index (χ2v) is 4.65. The average Bonchev–Trinajstić information content (AvgIpc) is 2.69. The van der Waals surface area contributed by atoms with Crippen molar-refractivity contribution in [2.45, 2.75) is 18.9 Å². The van der Waals surface area contributed by atoms with Gasteiger partial charge in [-0.15, -0.1) is 0 Å². The Morgan fingerprint density at radius 1 is 1.50 bits per heavy atom. The fourth-order valence-corrected chi connectivity index (χ4v) is 2.51. The van der Waals surface area contributed by atoms with Crippen LogP contribution in [0.5, 0.6) is 0 Å². The molecule has 1 amide bonds. The molecule has 0 aromatic carbocycles. The number of pyridine rings is 1. The van der Waals surface area contributed by atoms with Gasteiger partial charge in [-0.2, -0.15) is 0 Å². The lowest BCUT2D eigenvalue weighted by Crippen LogP contribution is -2.38. The number of nitrogens with zero attached hydrogens (tertiary/aromatic N) is 4.